The maximum absolute atomic E-state index is 10.0. The molecular weight excluding hydrogens is 82.0 g/mol. The fraction of sp³-hybridized carbons (Fsp3) is 1.00. The second kappa shape index (κ2) is 2.12. The molecule has 0 aromatic rings. The average molecular weight is 93.1 g/mol. The average Bonchev–Trinajstić information content (AvgIpc) is 0.722. The minimum Gasteiger partial charge on any atom is -0.633 e. The number of rotatable bonds is 0. The van der Waals surface area contributed by atoms with E-state index in [2.05, 4.69) is 0 Å². The van der Waals surface area contributed by atoms with Crippen LogP contribution in [0.5, 0.6) is 0 Å². The normalized spacial score (nSPS) is 10.0. The summed E-state index contributed by atoms with van der Waals surface area (Å²) in [4.78, 5) is 0. The number of hydrogen-bond donors (Lipinski definition) is 0. The van der Waals surface area contributed by atoms with E-state index < -0.39 is 0 Å². The molecule has 0 heterocycles. The Hall–Kier alpha value is -0.120. The maximum Gasteiger partial charge on any atom is 0.0674 e. The van der Waals surface area contributed by atoms with E-state index in [0.29, 0.717) is 0 Å². The highest BCUT2D eigenvalue weighted by Crippen LogP contribution is 1.77. The minimum atomic E-state index is -0.250. The zero-order chi connectivity index (χ0) is 4.50. The molecule has 0 aliphatic carbocycles. The van der Waals surface area contributed by atoms with E-state index in [0.717, 1.165) is 0 Å². The molecule has 6 heavy (non-hydrogen) atoms. The summed E-state index contributed by atoms with van der Waals surface area (Å²) in [5.41, 5.74) is 0. The molecular formula is C3H11NO2. The molecule has 0 aromatic heterocycles. The van der Waals surface area contributed by atoms with Gasteiger partial charge < -0.3 is 15.3 Å². The van der Waals surface area contributed by atoms with Crippen molar-refractivity contribution in [1.29, 1.82) is 0 Å². The van der Waals surface area contributed by atoms with Gasteiger partial charge in [0.1, 0.15) is 0 Å². The van der Waals surface area contributed by atoms with Crippen LogP contribution in [0.2, 0.25) is 0 Å². The van der Waals surface area contributed by atoms with Crippen molar-refractivity contribution in [3.05, 3.63) is 5.21 Å². The molecule has 3 nitrogen and oxygen atoms in total. The Morgan fingerprint density at radius 1 is 1.17 bits per heavy atom. The van der Waals surface area contributed by atoms with Crippen molar-refractivity contribution in [2.75, 3.05) is 21.1 Å². The van der Waals surface area contributed by atoms with E-state index >= 15 is 0 Å². The minimum absolute atomic E-state index is 0. The fourth-order valence-electron chi connectivity index (χ4n) is 0. The summed E-state index contributed by atoms with van der Waals surface area (Å²) in [6.07, 6.45) is 0. The lowest BCUT2D eigenvalue weighted by Gasteiger charge is -2.27. The molecule has 0 aliphatic rings. The van der Waals surface area contributed by atoms with Crippen LogP contribution in [-0.4, -0.2) is 31.3 Å². The highest BCUT2D eigenvalue weighted by molar-refractivity contribution is 4.05. The van der Waals surface area contributed by atoms with Crippen LogP contribution in [0.15, 0.2) is 0 Å². The van der Waals surface area contributed by atoms with E-state index in [1.165, 1.54) is 0 Å². The van der Waals surface area contributed by atoms with Crippen molar-refractivity contribution < 1.29 is 10.1 Å². The highest BCUT2D eigenvalue weighted by Gasteiger charge is 1.79. The van der Waals surface area contributed by atoms with Gasteiger partial charge in [-0.25, -0.2) is 0 Å². The molecule has 0 saturated heterocycles. The van der Waals surface area contributed by atoms with Gasteiger partial charge in [0.15, 0.2) is 0 Å². The maximum atomic E-state index is 10.0. The molecule has 2 N–H and O–H groups in total. The zero-order valence-electron chi connectivity index (χ0n) is 4.36. The van der Waals surface area contributed by atoms with Gasteiger partial charge in [-0.05, 0) is 0 Å². The summed E-state index contributed by atoms with van der Waals surface area (Å²) in [5, 5.41) is 10.0. The molecule has 0 fully saturated rings. The fourth-order valence-corrected chi connectivity index (χ4v) is 0. The summed E-state index contributed by atoms with van der Waals surface area (Å²) >= 11 is 0. The van der Waals surface area contributed by atoms with Crippen molar-refractivity contribution in [3.63, 3.8) is 0 Å². The van der Waals surface area contributed by atoms with Crippen LogP contribution in [0.4, 0.5) is 0 Å². The monoisotopic (exact) mass is 93.1 g/mol. The van der Waals surface area contributed by atoms with E-state index in [-0.39, 0.29) is 10.1 Å². The lowest BCUT2D eigenvalue weighted by molar-refractivity contribution is -0.818. The standard InChI is InChI=1S/C3H9NO.H2O/c1-4(2,3)5;/h1-3H3;1H2. The zero-order valence-corrected chi connectivity index (χ0v) is 4.36. The quantitative estimate of drug-likeness (QED) is 0.290. The molecule has 0 atom stereocenters. The van der Waals surface area contributed by atoms with E-state index in [4.69, 9.17) is 0 Å². The summed E-state index contributed by atoms with van der Waals surface area (Å²) in [6, 6.07) is 0. The first-order valence-electron chi connectivity index (χ1n) is 1.52. The first-order chi connectivity index (χ1) is 2.00. The molecule has 0 aromatic carbocycles. The third kappa shape index (κ3) is 2230. The molecule has 0 unspecified atom stereocenters. The Morgan fingerprint density at radius 2 is 1.17 bits per heavy atom. The van der Waals surface area contributed by atoms with Crippen molar-refractivity contribution >= 4 is 0 Å². The van der Waals surface area contributed by atoms with Gasteiger partial charge in [0.25, 0.3) is 0 Å². The van der Waals surface area contributed by atoms with Crippen molar-refractivity contribution in [3.8, 4) is 0 Å². The lowest BCUT2D eigenvalue weighted by atomic mass is 11.0. The molecule has 0 saturated carbocycles. The van der Waals surface area contributed by atoms with Crippen LogP contribution in [-0.2, 0) is 0 Å². The second-order valence-electron chi connectivity index (χ2n) is 1.89. The number of hydroxylamine groups is 3. The smallest absolute Gasteiger partial charge is 0.0674 e. The summed E-state index contributed by atoms with van der Waals surface area (Å²) in [7, 11) is 4.71. The predicted molar refractivity (Wildman–Crippen MR) is 25.0 cm³/mol. The largest absolute Gasteiger partial charge is 0.633 e. The molecule has 0 spiro atoms. The SMILES string of the molecule is C[N+](C)(C)[O-].O. The Labute approximate surface area is 37.7 Å². The van der Waals surface area contributed by atoms with Gasteiger partial charge in [-0.2, -0.15) is 0 Å². The van der Waals surface area contributed by atoms with E-state index in [1.807, 2.05) is 0 Å². The predicted octanol–water partition coefficient (Wildman–Crippen LogP) is -0.634. The summed E-state index contributed by atoms with van der Waals surface area (Å²) in [5.74, 6) is 0. The Morgan fingerprint density at radius 3 is 1.17 bits per heavy atom. The molecule has 0 radical (unpaired) electrons. The molecule has 40 valence electrons. The third-order valence-electron chi connectivity index (χ3n) is 0. The first-order valence-corrected chi connectivity index (χ1v) is 1.52. The number of hydrogen-bond acceptors (Lipinski definition) is 1. The molecule has 0 amide bonds. The Balaban J connectivity index is 0. The summed E-state index contributed by atoms with van der Waals surface area (Å²) < 4.78 is -0.250. The van der Waals surface area contributed by atoms with Gasteiger partial charge in [-0.15, -0.1) is 0 Å². The molecule has 3 heteroatoms. The third-order valence-corrected chi connectivity index (χ3v) is 0. The molecule has 0 rings (SSSR count). The Kier molecular flexibility index (Phi) is 3.29. The highest BCUT2D eigenvalue weighted by atomic mass is 16.5. The van der Waals surface area contributed by atoms with Crippen molar-refractivity contribution in [2.45, 2.75) is 0 Å². The van der Waals surface area contributed by atoms with Gasteiger partial charge in [-0.1, -0.05) is 0 Å². The van der Waals surface area contributed by atoms with Crippen LogP contribution >= 0.6 is 0 Å². The number of nitrogens with zero attached hydrogens (tertiary/aromatic N) is 1. The van der Waals surface area contributed by atoms with Gasteiger partial charge >= 0.3 is 0 Å². The number of quaternary nitrogens is 1. The van der Waals surface area contributed by atoms with Crippen molar-refractivity contribution in [1.82, 2.24) is 0 Å². The van der Waals surface area contributed by atoms with Gasteiger partial charge in [0.05, 0.1) is 21.1 Å². The second-order valence-corrected chi connectivity index (χ2v) is 1.89. The topological polar surface area (TPSA) is 54.6 Å². The van der Waals surface area contributed by atoms with Gasteiger partial charge in [0.2, 0.25) is 0 Å². The van der Waals surface area contributed by atoms with Crippen LogP contribution in [0, 0.1) is 5.21 Å². The van der Waals surface area contributed by atoms with E-state index in [9.17, 15) is 5.21 Å². The summed E-state index contributed by atoms with van der Waals surface area (Å²) in [6.45, 7) is 0. The lowest BCUT2D eigenvalue weighted by Crippen LogP contribution is -2.25. The first kappa shape index (κ1) is 9.30. The van der Waals surface area contributed by atoms with Crippen LogP contribution in [0.3, 0.4) is 0 Å². The van der Waals surface area contributed by atoms with Crippen LogP contribution in [0.1, 0.15) is 0 Å². The van der Waals surface area contributed by atoms with E-state index in [1.54, 1.807) is 21.1 Å². The van der Waals surface area contributed by atoms with Gasteiger partial charge in [0, 0.05) is 0 Å². The van der Waals surface area contributed by atoms with Crippen molar-refractivity contribution in [2.24, 2.45) is 0 Å². The molecule has 0 bridgehead atoms. The van der Waals surface area contributed by atoms with Gasteiger partial charge in [-0.3, -0.25) is 0 Å². The van der Waals surface area contributed by atoms with Crippen LogP contribution < -0.4 is 0 Å². The molecule has 0 aliphatic heterocycles. The Bertz CT molecular complexity index is 24.3. The van der Waals surface area contributed by atoms with Crippen LogP contribution in [0.25, 0.3) is 0 Å².